The third kappa shape index (κ3) is 2.52. The summed E-state index contributed by atoms with van der Waals surface area (Å²) in [7, 11) is 0. The van der Waals surface area contributed by atoms with Crippen molar-refractivity contribution in [3.8, 4) is 0 Å². The molecule has 0 aromatic carbocycles. The molecule has 2 N–H and O–H groups in total. The van der Waals surface area contributed by atoms with Crippen LogP contribution in [0, 0.1) is 5.41 Å². The van der Waals surface area contributed by atoms with E-state index in [0.29, 0.717) is 12.1 Å². The molecular weight excluding hydrogens is 252 g/mol. The molecule has 2 aliphatic rings. The number of hydrogen-bond acceptors (Lipinski definition) is 5. The van der Waals surface area contributed by atoms with E-state index >= 15 is 0 Å². The highest BCUT2D eigenvalue weighted by atomic mass is 16.3. The zero-order valence-corrected chi connectivity index (χ0v) is 12.3. The number of aromatic nitrogens is 2. The summed E-state index contributed by atoms with van der Waals surface area (Å²) in [5.41, 5.74) is -0.00841. The van der Waals surface area contributed by atoms with Crippen LogP contribution in [0.15, 0.2) is 18.5 Å². The van der Waals surface area contributed by atoms with E-state index in [-0.39, 0.29) is 11.5 Å². The van der Waals surface area contributed by atoms with E-state index < -0.39 is 0 Å². The maximum Gasteiger partial charge on any atom is 0.225 e. The van der Waals surface area contributed by atoms with E-state index in [1.807, 2.05) is 6.07 Å². The molecule has 0 amide bonds. The Bertz CT molecular complexity index is 450. The van der Waals surface area contributed by atoms with Crippen LogP contribution in [0.1, 0.15) is 33.1 Å². The molecule has 0 radical (unpaired) electrons. The first-order valence-electron chi connectivity index (χ1n) is 7.53. The number of hydrogen-bond donors (Lipinski definition) is 2. The minimum atomic E-state index is -0.169. The number of anilines is 1. The van der Waals surface area contributed by atoms with Gasteiger partial charge in [-0.25, -0.2) is 9.97 Å². The maximum atomic E-state index is 9.84. The average Bonchev–Trinajstić information content (AvgIpc) is 2.48. The second kappa shape index (κ2) is 5.30. The molecule has 1 aromatic heterocycles. The second-order valence-electron chi connectivity index (χ2n) is 6.63. The van der Waals surface area contributed by atoms with Crippen LogP contribution < -0.4 is 10.2 Å². The quantitative estimate of drug-likeness (QED) is 0.868. The molecule has 110 valence electrons. The molecule has 1 saturated carbocycles. The van der Waals surface area contributed by atoms with Crippen LogP contribution in [0.5, 0.6) is 0 Å². The van der Waals surface area contributed by atoms with Crippen molar-refractivity contribution in [3.05, 3.63) is 18.5 Å². The van der Waals surface area contributed by atoms with Gasteiger partial charge in [-0.05, 0) is 25.3 Å². The van der Waals surface area contributed by atoms with Gasteiger partial charge in [0.15, 0.2) is 0 Å². The lowest BCUT2D eigenvalue weighted by Gasteiger charge is -2.51. The third-order valence-electron chi connectivity index (χ3n) is 4.91. The van der Waals surface area contributed by atoms with Crippen molar-refractivity contribution in [2.75, 3.05) is 18.0 Å². The fourth-order valence-corrected chi connectivity index (χ4v) is 3.22. The Hall–Kier alpha value is -1.20. The number of rotatable bonds is 3. The van der Waals surface area contributed by atoms with Gasteiger partial charge in [0, 0.05) is 43.0 Å². The zero-order chi connectivity index (χ0) is 14.2. The van der Waals surface area contributed by atoms with Crippen LogP contribution in [0.25, 0.3) is 0 Å². The van der Waals surface area contributed by atoms with E-state index in [4.69, 9.17) is 0 Å². The van der Waals surface area contributed by atoms with Gasteiger partial charge in [-0.1, -0.05) is 13.8 Å². The van der Waals surface area contributed by atoms with Gasteiger partial charge in [-0.2, -0.15) is 0 Å². The number of aliphatic hydroxyl groups excluding tert-OH is 1. The van der Waals surface area contributed by atoms with Crippen LogP contribution in [0.2, 0.25) is 0 Å². The molecule has 5 nitrogen and oxygen atoms in total. The molecule has 1 aromatic rings. The van der Waals surface area contributed by atoms with Crippen molar-refractivity contribution >= 4 is 5.95 Å². The number of piperidine rings is 1. The lowest BCUT2D eigenvalue weighted by atomic mass is 9.64. The fourth-order valence-electron chi connectivity index (χ4n) is 3.22. The summed E-state index contributed by atoms with van der Waals surface area (Å²) in [6, 6.07) is 2.73. The van der Waals surface area contributed by atoms with E-state index in [2.05, 4.69) is 34.0 Å². The molecule has 0 bridgehead atoms. The first-order chi connectivity index (χ1) is 9.57. The van der Waals surface area contributed by atoms with Gasteiger partial charge >= 0.3 is 0 Å². The van der Waals surface area contributed by atoms with Crippen LogP contribution in [-0.2, 0) is 0 Å². The molecule has 2 heterocycles. The molecule has 3 atom stereocenters. The Morgan fingerprint density at radius 3 is 2.75 bits per heavy atom. The maximum absolute atomic E-state index is 9.84. The molecule has 20 heavy (non-hydrogen) atoms. The van der Waals surface area contributed by atoms with Crippen LogP contribution in [0.3, 0.4) is 0 Å². The van der Waals surface area contributed by atoms with Crippen molar-refractivity contribution in [1.82, 2.24) is 15.3 Å². The minimum Gasteiger partial charge on any atom is -0.392 e. The number of nitrogens with zero attached hydrogens (tertiary/aromatic N) is 3. The molecule has 5 heteroatoms. The van der Waals surface area contributed by atoms with Crippen molar-refractivity contribution in [2.45, 2.75) is 51.3 Å². The van der Waals surface area contributed by atoms with Gasteiger partial charge < -0.3 is 15.3 Å². The molecule has 1 aliphatic heterocycles. The van der Waals surface area contributed by atoms with E-state index in [0.717, 1.165) is 31.9 Å². The van der Waals surface area contributed by atoms with Gasteiger partial charge in [-0.15, -0.1) is 0 Å². The minimum absolute atomic E-state index is 0.00841. The SMILES string of the molecule is CC1(C)C(O)CC1NC1CCCN(c2ncccn2)C1. The lowest BCUT2D eigenvalue weighted by molar-refractivity contribution is -0.0762. The van der Waals surface area contributed by atoms with Crippen molar-refractivity contribution in [2.24, 2.45) is 5.41 Å². The fraction of sp³-hybridized carbons (Fsp3) is 0.733. The molecular formula is C15H24N4O. The van der Waals surface area contributed by atoms with Gasteiger partial charge in [0.1, 0.15) is 0 Å². The molecule has 1 saturated heterocycles. The zero-order valence-electron chi connectivity index (χ0n) is 12.3. The summed E-state index contributed by atoms with van der Waals surface area (Å²) in [6.07, 6.45) is 6.63. The summed E-state index contributed by atoms with van der Waals surface area (Å²) in [6.45, 7) is 6.25. The van der Waals surface area contributed by atoms with Crippen LogP contribution >= 0.6 is 0 Å². The summed E-state index contributed by atoms with van der Waals surface area (Å²) in [5.74, 6) is 0.826. The Kier molecular flexibility index (Phi) is 3.65. The predicted octanol–water partition coefficient (Wildman–Crippen LogP) is 1.19. The lowest BCUT2D eigenvalue weighted by Crippen LogP contribution is -2.63. The topological polar surface area (TPSA) is 61.3 Å². The Morgan fingerprint density at radius 2 is 2.10 bits per heavy atom. The van der Waals surface area contributed by atoms with E-state index in [1.54, 1.807) is 12.4 Å². The third-order valence-corrected chi connectivity index (χ3v) is 4.91. The Balaban J connectivity index is 1.59. The van der Waals surface area contributed by atoms with Crippen LogP contribution in [-0.4, -0.2) is 46.4 Å². The highest BCUT2D eigenvalue weighted by Crippen LogP contribution is 2.40. The molecule has 1 aliphatic carbocycles. The van der Waals surface area contributed by atoms with E-state index in [1.165, 1.54) is 6.42 Å². The number of aliphatic hydroxyl groups is 1. The highest BCUT2D eigenvalue weighted by Gasteiger charge is 2.47. The molecule has 3 rings (SSSR count). The summed E-state index contributed by atoms with van der Waals surface area (Å²) in [4.78, 5) is 10.9. The molecule has 2 fully saturated rings. The van der Waals surface area contributed by atoms with Gasteiger partial charge in [-0.3, -0.25) is 0 Å². The van der Waals surface area contributed by atoms with Crippen molar-refractivity contribution in [1.29, 1.82) is 0 Å². The summed E-state index contributed by atoms with van der Waals surface area (Å²) >= 11 is 0. The van der Waals surface area contributed by atoms with Crippen molar-refractivity contribution in [3.63, 3.8) is 0 Å². The normalized spacial score (nSPS) is 32.8. The smallest absolute Gasteiger partial charge is 0.225 e. The van der Waals surface area contributed by atoms with Gasteiger partial charge in [0.2, 0.25) is 5.95 Å². The largest absolute Gasteiger partial charge is 0.392 e. The first-order valence-corrected chi connectivity index (χ1v) is 7.53. The summed E-state index contributed by atoms with van der Waals surface area (Å²) in [5, 5.41) is 13.6. The van der Waals surface area contributed by atoms with Gasteiger partial charge in [0.25, 0.3) is 0 Å². The average molecular weight is 276 g/mol. The Morgan fingerprint density at radius 1 is 1.35 bits per heavy atom. The van der Waals surface area contributed by atoms with E-state index in [9.17, 15) is 5.11 Å². The number of nitrogens with one attached hydrogen (secondary N) is 1. The van der Waals surface area contributed by atoms with Gasteiger partial charge in [0.05, 0.1) is 6.10 Å². The highest BCUT2D eigenvalue weighted by molar-refractivity contribution is 5.29. The Labute approximate surface area is 120 Å². The van der Waals surface area contributed by atoms with Crippen molar-refractivity contribution < 1.29 is 5.11 Å². The standard InChI is InChI=1S/C15H24N4O/c1-15(2)12(9-13(15)20)18-11-5-3-8-19(10-11)14-16-6-4-7-17-14/h4,6-7,11-13,18,20H,3,5,8-10H2,1-2H3. The predicted molar refractivity (Wildman–Crippen MR) is 78.6 cm³/mol. The summed E-state index contributed by atoms with van der Waals surface area (Å²) < 4.78 is 0. The molecule has 0 spiro atoms. The molecule has 3 unspecified atom stereocenters. The second-order valence-corrected chi connectivity index (χ2v) is 6.63. The van der Waals surface area contributed by atoms with Crippen LogP contribution in [0.4, 0.5) is 5.95 Å². The first kappa shape index (κ1) is 13.8. The monoisotopic (exact) mass is 276 g/mol.